The minimum atomic E-state index is -0.927. The number of carbonyl (C=O) groups is 2. The molecule has 0 aromatic rings. The molecule has 3 aliphatic rings. The van der Waals surface area contributed by atoms with Crippen LogP contribution in [-0.4, -0.2) is 46.8 Å². The maximum absolute atomic E-state index is 12.3. The highest BCUT2D eigenvalue weighted by Gasteiger charge is 2.38. The summed E-state index contributed by atoms with van der Waals surface area (Å²) >= 11 is 0. The number of aliphatic carboxylic acids is 1. The summed E-state index contributed by atoms with van der Waals surface area (Å²) in [6.07, 6.45) is 4.66. The van der Waals surface area contributed by atoms with E-state index >= 15 is 0 Å². The summed E-state index contributed by atoms with van der Waals surface area (Å²) in [6.45, 7) is 6.65. The number of carboxylic acids is 1. The SMILES string of the molecule is CC(C)(C)OC(=O)N1CCC2NC3=C(C(=O)O)C=CCC3=C2C1. The first kappa shape index (κ1) is 15.6. The molecule has 6 nitrogen and oxygen atoms in total. The maximum Gasteiger partial charge on any atom is 0.410 e. The molecule has 1 saturated heterocycles. The van der Waals surface area contributed by atoms with Crippen molar-refractivity contribution in [2.75, 3.05) is 13.1 Å². The molecule has 2 aliphatic heterocycles. The second-order valence-corrected chi connectivity index (χ2v) is 7.09. The Kier molecular flexibility index (Phi) is 3.70. The van der Waals surface area contributed by atoms with Crippen LogP contribution in [0.15, 0.2) is 34.6 Å². The summed E-state index contributed by atoms with van der Waals surface area (Å²) in [5, 5.41) is 12.7. The molecule has 0 aromatic heterocycles. The maximum atomic E-state index is 12.3. The number of fused-ring (bicyclic) bond motifs is 2. The molecule has 0 aromatic carbocycles. The number of hydrogen-bond acceptors (Lipinski definition) is 4. The monoisotopic (exact) mass is 318 g/mol. The second kappa shape index (κ2) is 5.44. The molecule has 0 bridgehead atoms. The van der Waals surface area contributed by atoms with Crippen molar-refractivity contribution in [1.29, 1.82) is 0 Å². The van der Waals surface area contributed by atoms with E-state index in [2.05, 4.69) is 5.32 Å². The number of carboxylic acid groups (broad SMARTS) is 1. The van der Waals surface area contributed by atoms with Gasteiger partial charge in [0.2, 0.25) is 0 Å². The van der Waals surface area contributed by atoms with Crippen molar-refractivity contribution in [3.05, 3.63) is 34.6 Å². The number of nitrogens with one attached hydrogen (secondary N) is 1. The Bertz CT molecular complexity index is 652. The van der Waals surface area contributed by atoms with E-state index in [1.807, 2.05) is 26.8 Å². The molecular formula is C17H22N2O4. The van der Waals surface area contributed by atoms with Crippen LogP contribution in [0.4, 0.5) is 4.79 Å². The lowest BCUT2D eigenvalue weighted by Gasteiger charge is -2.33. The van der Waals surface area contributed by atoms with Gasteiger partial charge in [0.15, 0.2) is 0 Å². The van der Waals surface area contributed by atoms with Crippen molar-refractivity contribution in [2.45, 2.75) is 45.3 Å². The number of likely N-dealkylation sites (tertiary alicyclic amines) is 1. The van der Waals surface area contributed by atoms with Crippen LogP contribution in [0.5, 0.6) is 0 Å². The van der Waals surface area contributed by atoms with Gasteiger partial charge in [-0.2, -0.15) is 0 Å². The summed E-state index contributed by atoms with van der Waals surface area (Å²) in [7, 11) is 0. The summed E-state index contributed by atoms with van der Waals surface area (Å²) in [5.41, 5.74) is 2.63. The van der Waals surface area contributed by atoms with Crippen LogP contribution >= 0.6 is 0 Å². The molecule has 1 atom stereocenters. The first-order valence-electron chi connectivity index (χ1n) is 7.87. The molecule has 1 aliphatic carbocycles. The summed E-state index contributed by atoms with van der Waals surface area (Å²) in [5.74, 6) is -0.927. The zero-order valence-corrected chi connectivity index (χ0v) is 13.7. The van der Waals surface area contributed by atoms with E-state index in [-0.39, 0.29) is 12.1 Å². The molecule has 3 rings (SSSR count). The van der Waals surface area contributed by atoms with Crippen molar-refractivity contribution in [1.82, 2.24) is 10.2 Å². The van der Waals surface area contributed by atoms with Crippen LogP contribution < -0.4 is 5.32 Å². The second-order valence-electron chi connectivity index (χ2n) is 7.09. The Labute approximate surface area is 135 Å². The van der Waals surface area contributed by atoms with Crippen LogP contribution in [0, 0.1) is 0 Å². The molecule has 2 heterocycles. The zero-order valence-electron chi connectivity index (χ0n) is 13.7. The van der Waals surface area contributed by atoms with E-state index < -0.39 is 11.6 Å². The van der Waals surface area contributed by atoms with Crippen LogP contribution in [0.25, 0.3) is 0 Å². The number of piperidine rings is 1. The minimum absolute atomic E-state index is 0.118. The van der Waals surface area contributed by atoms with Crippen molar-refractivity contribution in [2.24, 2.45) is 0 Å². The first-order chi connectivity index (χ1) is 10.8. The van der Waals surface area contributed by atoms with Crippen LogP contribution in [-0.2, 0) is 9.53 Å². The van der Waals surface area contributed by atoms with Crippen molar-refractivity contribution >= 4 is 12.1 Å². The first-order valence-corrected chi connectivity index (χ1v) is 7.87. The predicted molar refractivity (Wildman–Crippen MR) is 84.8 cm³/mol. The lowest BCUT2D eigenvalue weighted by atomic mass is 9.92. The van der Waals surface area contributed by atoms with Crippen molar-refractivity contribution in [3.63, 3.8) is 0 Å². The van der Waals surface area contributed by atoms with E-state index in [4.69, 9.17) is 4.74 Å². The summed E-state index contributed by atoms with van der Waals surface area (Å²) < 4.78 is 5.44. The number of carbonyl (C=O) groups excluding carboxylic acids is 1. The molecule has 6 heteroatoms. The van der Waals surface area contributed by atoms with Crippen molar-refractivity contribution < 1.29 is 19.4 Å². The number of ether oxygens (including phenoxy) is 1. The van der Waals surface area contributed by atoms with Gasteiger partial charge in [0.05, 0.1) is 17.3 Å². The third kappa shape index (κ3) is 2.98. The van der Waals surface area contributed by atoms with Crippen LogP contribution in [0.2, 0.25) is 0 Å². The molecule has 0 radical (unpaired) electrons. The Morgan fingerprint density at radius 1 is 1.39 bits per heavy atom. The van der Waals surface area contributed by atoms with E-state index in [0.29, 0.717) is 30.8 Å². The highest BCUT2D eigenvalue weighted by atomic mass is 16.6. The van der Waals surface area contributed by atoms with Gasteiger partial charge in [0.1, 0.15) is 5.60 Å². The third-order valence-corrected chi connectivity index (χ3v) is 4.24. The smallest absolute Gasteiger partial charge is 0.410 e. The molecule has 1 unspecified atom stereocenters. The van der Waals surface area contributed by atoms with Gasteiger partial charge in [-0.05, 0) is 50.8 Å². The van der Waals surface area contributed by atoms with Crippen LogP contribution in [0.1, 0.15) is 33.6 Å². The van der Waals surface area contributed by atoms with Gasteiger partial charge in [0, 0.05) is 13.1 Å². The van der Waals surface area contributed by atoms with Gasteiger partial charge in [-0.3, -0.25) is 0 Å². The number of nitrogens with zero attached hydrogens (tertiary/aromatic N) is 1. The topological polar surface area (TPSA) is 78.9 Å². The molecule has 1 amide bonds. The Balaban J connectivity index is 1.85. The predicted octanol–water partition coefficient (Wildman–Crippen LogP) is 2.19. The molecule has 2 N–H and O–H groups in total. The van der Waals surface area contributed by atoms with Gasteiger partial charge in [-0.15, -0.1) is 0 Å². The van der Waals surface area contributed by atoms with Gasteiger partial charge >= 0.3 is 12.1 Å². The molecular weight excluding hydrogens is 296 g/mol. The molecule has 0 saturated carbocycles. The average molecular weight is 318 g/mol. The van der Waals surface area contributed by atoms with Gasteiger partial charge in [-0.1, -0.05) is 6.08 Å². The average Bonchev–Trinajstić information content (AvgIpc) is 2.82. The fourth-order valence-corrected chi connectivity index (χ4v) is 3.25. The highest BCUT2D eigenvalue weighted by molar-refractivity contribution is 5.92. The largest absolute Gasteiger partial charge is 0.478 e. The summed E-state index contributed by atoms with van der Waals surface area (Å²) in [6, 6.07) is 0.118. The quantitative estimate of drug-likeness (QED) is 0.775. The molecule has 0 spiro atoms. The number of rotatable bonds is 1. The van der Waals surface area contributed by atoms with E-state index in [1.165, 1.54) is 0 Å². The molecule has 23 heavy (non-hydrogen) atoms. The van der Waals surface area contributed by atoms with E-state index in [0.717, 1.165) is 17.6 Å². The summed E-state index contributed by atoms with van der Waals surface area (Å²) in [4.78, 5) is 25.4. The van der Waals surface area contributed by atoms with E-state index in [1.54, 1.807) is 11.0 Å². The highest BCUT2D eigenvalue weighted by Crippen LogP contribution is 2.36. The Morgan fingerprint density at radius 3 is 2.78 bits per heavy atom. The number of allylic oxidation sites excluding steroid dienone is 2. The molecule has 124 valence electrons. The van der Waals surface area contributed by atoms with Crippen LogP contribution in [0.3, 0.4) is 0 Å². The zero-order chi connectivity index (χ0) is 16.8. The normalized spacial score (nSPS) is 23.4. The lowest BCUT2D eigenvalue weighted by Crippen LogP contribution is -2.45. The Hall–Kier alpha value is -2.24. The standard InChI is InChI=1S/C17H22N2O4/c1-17(2,3)23-16(22)19-8-7-13-12(9-19)10-5-4-6-11(15(20)21)14(10)18-13/h4,6,13,18H,5,7-9H2,1-3H3,(H,20,21). The lowest BCUT2D eigenvalue weighted by molar-refractivity contribution is -0.132. The van der Waals surface area contributed by atoms with Crippen molar-refractivity contribution in [3.8, 4) is 0 Å². The number of amides is 1. The molecule has 1 fully saturated rings. The number of hydrogen-bond donors (Lipinski definition) is 2. The Morgan fingerprint density at radius 2 is 2.13 bits per heavy atom. The fourth-order valence-electron chi connectivity index (χ4n) is 3.25. The van der Waals surface area contributed by atoms with Gasteiger partial charge in [0.25, 0.3) is 0 Å². The fraction of sp³-hybridized carbons (Fsp3) is 0.529. The van der Waals surface area contributed by atoms with Gasteiger partial charge < -0.3 is 20.1 Å². The van der Waals surface area contributed by atoms with E-state index in [9.17, 15) is 14.7 Å². The minimum Gasteiger partial charge on any atom is -0.478 e. The third-order valence-electron chi connectivity index (χ3n) is 4.24. The van der Waals surface area contributed by atoms with Gasteiger partial charge in [-0.25, -0.2) is 9.59 Å².